The number of halogens is 2. The summed E-state index contributed by atoms with van der Waals surface area (Å²) in [6, 6.07) is 16.5. The van der Waals surface area contributed by atoms with Crippen molar-refractivity contribution in [2.75, 3.05) is 6.26 Å². The fourth-order valence-corrected chi connectivity index (χ4v) is 2.99. The molecule has 2 aromatic carbocycles. The van der Waals surface area contributed by atoms with Crippen molar-refractivity contribution in [3.63, 3.8) is 0 Å². The van der Waals surface area contributed by atoms with Crippen LogP contribution in [0.4, 0.5) is 0 Å². The monoisotopic (exact) mass is 395 g/mol. The summed E-state index contributed by atoms with van der Waals surface area (Å²) in [6.07, 6.45) is 1.11. The summed E-state index contributed by atoms with van der Waals surface area (Å²) in [5.41, 5.74) is 3.16. The van der Waals surface area contributed by atoms with Crippen LogP contribution in [0.5, 0.6) is 0 Å². The van der Waals surface area contributed by atoms with Gasteiger partial charge in [-0.1, -0.05) is 35.3 Å². The van der Waals surface area contributed by atoms with E-state index in [0.29, 0.717) is 15.7 Å². The van der Waals surface area contributed by atoms with E-state index >= 15 is 0 Å². The van der Waals surface area contributed by atoms with Crippen molar-refractivity contribution >= 4 is 33.2 Å². The molecule has 1 aromatic heterocycles. The van der Waals surface area contributed by atoms with Crippen molar-refractivity contribution in [2.24, 2.45) is 0 Å². The minimum absolute atomic E-state index is 0.111. The van der Waals surface area contributed by atoms with Gasteiger partial charge in [0.1, 0.15) is 0 Å². The second-order valence-corrected chi connectivity index (χ2v) is 8.22. The van der Waals surface area contributed by atoms with E-state index in [-0.39, 0.29) is 6.54 Å². The van der Waals surface area contributed by atoms with Crippen LogP contribution >= 0.6 is 23.2 Å². The highest BCUT2D eigenvalue weighted by atomic mass is 35.5. The summed E-state index contributed by atoms with van der Waals surface area (Å²) in [5.74, 6) is 0. The molecule has 0 unspecified atom stereocenters. The predicted molar refractivity (Wildman–Crippen MR) is 101 cm³/mol. The van der Waals surface area contributed by atoms with Gasteiger partial charge in [0.15, 0.2) is 0 Å². The van der Waals surface area contributed by atoms with Crippen molar-refractivity contribution in [3.8, 4) is 16.9 Å². The Morgan fingerprint density at radius 3 is 2.12 bits per heavy atom. The van der Waals surface area contributed by atoms with Crippen molar-refractivity contribution in [1.82, 2.24) is 14.5 Å². The molecule has 0 saturated heterocycles. The molecular weight excluding hydrogens is 381 g/mol. The van der Waals surface area contributed by atoms with E-state index in [2.05, 4.69) is 9.82 Å². The van der Waals surface area contributed by atoms with Crippen LogP contribution in [0.2, 0.25) is 10.0 Å². The van der Waals surface area contributed by atoms with E-state index in [1.165, 1.54) is 0 Å². The first kappa shape index (κ1) is 17.9. The molecule has 0 atom stereocenters. The summed E-state index contributed by atoms with van der Waals surface area (Å²) in [5, 5.41) is 5.79. The van der Waals surface area contributed by atoms with Gasteiger partial charge in [0, 0.05) is 15.6 Å². The van der Waals surface area contributed by atoms with Crippen molar-refractivity contribution in [3.05, 3.63) is 70.3 Å². The van der Waals surface area contributed by atoms with Crippen LogP contribution in [0.3, 0.4) is 0 Å². The molecule has 8 heteroatoms. The van der Waals surface area contributed by atoms with Gasteiger partial charge in [-0.2, -0.15) is 5.10 Å². The zero-order valence-corrected chi connectivity index (χ0v) is 15.6. The Hall–Kier alpha value is -1.86. The Morgan fingerprint density at radius 2 is 1.56 bits per heavy atom. The molecule has 25 heavy (non-hydrogen) atoms. The number of benzene rings is 2. The second-order valence-electron chi connectivity index (χ2n) is 5.51. The lowest BCUT2D eigenvalue weighted by atomic mass is 10.1. The molecule has 3 rings (SSSR count). The molecule has 1 heterocycles. The number of nitrogens with one attached hydrogen (secondary N) is 1. The van der Waals surface area contributed by atoms with Gasteiger partial charge in [-0.05, 0) is 42.5 Å². The highest BCUT2D eigenvalue weighted by Gasteiger charge is 2.13. The summed E-state index contributed by atoms with van der Waals surface area (Å²) in [7, 11) is -3.30. The summed E-state index contributed by atoms with van der Waals surface area (Å²) in [6.45, 7) is 0.111. The molecule has 0 aliphatic rings. The van der Waals surface area contributed by atoms with E-state index in [1.54, 1.807) is 28.9 Å². The first-order valence-corrected chi connectivity index (χ1v) is 10.0. The van der Waals surface area contributed by atoms with Gasteiger partial charge in [-0.25, -0.2) is 17.8 Å². The lowest BCUT2D eigenvalue weighted by Crippen LogP contribution is -2.21. The maximum Gasteiger partial charge on any atom is 0.209 e. The number of rotatable bonds is 5. The van der Waals surface area contributed by atoms with Crippen LogP contribution in [0.25, 0.3) is 16.9 Å². The Labute approximate surface area is 156 Å². The molecule has 0 aliphatic heterocycles. The smallest absolute Gasteiger partial charge is 0.209 e. The third-order valence-electron chi connectivity index (χ3n) is 3.49. The van der Waals surface area contributed by atoms with E-state index in [1.807, 2.05) is 30.3 Å². The van der Waals surface area contributed by atoms with Crippen LogP contribution in [-0.4, -0.2) is 24.5 Å². The Balaban J connectivity index is 2.05. The lowest BCUT2D eigenvalue weighted by Gasteiger charge is -2.08. The third-order valence-corrected chi connectivity index (χ3v) is 4.66. The molecule has 0 saturated carbocycles. The lowest BCUT2D eigenvalue weighted by molar-refractivity contribution is 0.586. The highest BCUT2D eigenvalue weighted by molar-refractivity contribution is 7.88. The Kier molecular flexibility index (Phi) is 5.15. The van der Waals surface area contributed by atoms with Crippen LogP contribution in [-0.2, 0) is 16.6 Å². The highest BCUT2D eigenvalue weighted by Crippen LogP contribution is 2.26. The summed E-state index contributed by atoms with van der Waals surface area (Å²) >= 11 is 11.9. The van der Waals surface area contributed by atoms with Gasteiger partial charge in [-0.15, -0.1) is 0 Å². The number of hydrogen-bond acceptors (Lipinski definition) is 3. The molecule has 0 amide bonds. The molecule has 130 valence electrons. The maximum absolute atomic E-state index is 11.3. The SMILES string of the molecule is CS(=O)(=O)NCc1cc(-c2ccc(Cl)cc2)n(-c2ccc(Cl)cc2)n1. The van der Waals surface area contributed by atoms with Crippen LogP contribution in [0.15, 0.2) is 54.6 Å². The average Bonchev–Trinajstić information content (AvgIpc) is 2.98. The van der Waals surface area contributed by atoms with E-state index in [0.717, 1.165) is 23.2 Å². The number of sulfonamides is 1. The first-order chi connectivity index (χ1) is 11.8. The van der Waals surface area contributed by atoms with Gasteiger partial charge >= 0.3 is 0 Å². The second kappa shape index (κ2) is 7.17. The third kappa shape index (κ3) is 4.61. The van der Waals surface area contributed by atoms with Gasteiger partial charge < -0.3 is 0 Å². The zero-order valence-electron chi connectivity index (χ0n) is 13.3. The number of hydrogen-bond donors (Lipinski definition) is 1. The quantitative estimate of drug-likeness (QED) is 0.712. The molecule has 0 aliphatic carbocycles. The van der Waals surface area contributed by atoms with Gasteiger partial charge in [-0.3, -0.25) is 0 Å². The summed E-state index contributed by atoms with van der Waals surface area (Å²) in [4.78, 5) is 0. The summed E-state index contributed by atoms with van der Waals surface area (Å²) < 4.78 is 26.9. The van der Waals surface area contributed by atoms with Crippen molar-refractivity contribution in [1.29, 1.82) is 0 Å². The van der Waals surface area contributed by atoms with Gasteiger partial charge in [0.25, 0.3) is 0 Å². The fourth-order valence-electron chi connectivity index (χ4n) is 2.33. The Morgan fingerprint density at radius 1 is 1.00 bits per heavy atom. The van der Waals surface area contributed by atoms with E-state index < -0.39 is 10.0 Å². The Bertz CT molecular complexity index is 919. The molecule has 1 N–H and O–H groups in total. The molecule has 0 radical (unpaired) electrons. The van der Waals surface area contributed by atoms with Crippen molar-refractivity contribution < 1.29 is 8.42 Å². The predicted octanol–water partition coefficient (Wildman–Crippen LogP) is 3.90. The number of aromatic nitrogens is 2. The van der Waals surface area contributed by atoms with Crippen molar-refractivity contribution in [2.45, 2.75) is 6.54 Å². The average molecular weight is 396 g/mol. The molecule has 0 spiro atoms. The molecular formula is C17H15Cl2N3O2S. The van der Waals surface area contributed by atoms with Gasteiger partial charge in [0.2, 0.25) is 10.0 Å². The van der Waals surface area contributed by atoms with E-state index in [4.69, 9.17) is 23.2 Å². The normalized spacial score (nSPS) is 11.6. The topological polar surface area (TPSA) is 64.0 Å². The zero-order chi connectivity index (χ0) is 18.0. The molecule has 5 nitrogen and oxygen atoms in total. The first-order valence-electron chi connectivity index (χ1n) is 7.37. The molecule has 0 fully saturated rings. The largest absolute Gasteiger partial charge is 0.233 e. The van der Waals surface area contributed by atoms with Crippen LogP contribution < -0.4 is 4.72 Å². The van der Waals surface area contributed by atoms with Crippen LogP contribution in [0.1, 0.15) is 5.69 Å². The minimum Gasteiger partial charge on any atom is -0.233 e. The van der Waals surface area contributed by atoms with E-state index in [9.17, 15) is 8.42 Å². The fraction of sp³-hybridized carbons (Fsp3) is 0.118. The van der Waals surface area contributed by atoms with Gasteiger partial charge in [0.05, 0.1) is 29.9 Å². The van der Waals surface area contributed by atoms with Crippen LogP contribution in [0, 0.1) is 0 Å². The maximum atomic E-state index is 11.3. The number of nitrogens with zero attached hydrogens (tertiary/aromatic N) is 2. The standard InChI is InChI=1S/C17H15Cl2N3O2S/c1-25(23,24)20-11-15-10-17(12-2-4-13(18)5-3-12)22(21-15)16-8-6-14(19)7-9-16/h2-10,20H,11H2,1H3. The minimum atomic E-state index is -3.30. The molecule has 0 bridgehead atoms. The molecule has 3 aromatic rings.